The molecule has 1 aromatic carbocycles. The summed E-state index contributed by atoms with van der Waals surface area (Å²) in [5.74, 6) is -3.00. The maximum absolute atomic E-state index is 12.9. The van der Waals surface area contributed by atoms with Crippen LogP contribution in [0.3, 0.4) is 0 Å². The summed E-state index contributed by atoms with van der Waals surface area (Å²) >= 11 is 0.331. The first-order valence-corrected chi connectivity index (χ1v) is 10.9. The van der Waals surface area contributed by atoms with Crippen molar-refractivity contribution in [3.05, 3.63) is 42.2 Å². The average molecular weight is 431 g/mol. The van der Waals surface area contributed by atoms with Gasteiger partial charge in [0.1, 0.15) is 4.90 Å². The zero-order chi connectivity index (χ0) is 20.3. The molecule has 2 heterocycles. The van der Waals surface area contributed by atoms with E-state index in [-0.39, 0.29) is 40.9 Å². The quantitative estimate of drug-likeness (QED) is 0.681. The fraction of sp³-hybridized carbons (Fsp3) is 0.412. The van der Waals surface area contributed by atoms with Gasteiger partial charge in [0.2, 0.25) is 10.0 Å². The highest BCUT2D eigenvalue weighted by Gasteiger charge is 2.30. The predicted molar refractivity (Wildman–Crippen MR) is 101 cm³/mol. The molecule has 2 aromatic rings. The molecule has 1 fully saturated rings. The molecular weight excluding hydrogens is 410 g/mol. The van der Waals surface area contributed by atoms with Gasteiger partial charge in [0.25, 0.3) is 11.7 Å². The maximum atomic E-state index is 12.9. The van der Waals surface area contributed by atoms with E-state index in [2.05, 4.69) is 5.10 Å². The van der Waals surface area contributed by atoms with E-state index in [1.54, 1.807) is 19.2 Å². The third kappa shape index (κ3) is 4.53. The number of aromatic nitrogens is 2. The minimum Gasteiger partial charge on any atom is -0.337 e. The lowest BCUT2D eigenvalue weighted by molar-refractivity contribution is 0.0760. The van der Waals surface area contributed by atoms with Gasteiger partial charge in [-0.3, -0.25) is 9.48 Å². The fourth-order valence-corrected chi connectivity index (χ4v) is 5.12. The normalized spacial score (nSPS) is 16.4. The number of amides is 1. The minimum absolute atomic E-state index is 0.105. The van der Waals surface area contributed by atoms with Gasteiger partial charge in [0.05, 0.1) is 11.8 Å². The molecule has 1 aliphatic heterocycles. The van der Waals surface area contributed by atoms with Crippen molar-refractivity contribution >= 4 is 27.7 Å². The standard InChI is InChI=1S/C17H20F2N4O3S2/c1-21-12-13(11-20-21)28(25,26)23-8-4-7-22(9-10-23)16(24)14-5-2-3-6-15(14)27-17(18)19/h2-3,5-6,11-12,17H,4,7-10H2,1H3. The van der Waals surface area contributed by atoms with Gasteiger partial charge in [-0.1, -0.05) is 23.9 Å². The number of thioether (sulfide) groups is 1. The molecule has 1 amide bonds. The van der Waals surface area contributed by atoms with Gasteiger partial charge in [0, 0.05) is 44.3 Å². The first-order valence-electron chi connectivity index (χ1n) is 8.61. The third-order valence-corrected chi connectivity index (χ3v) is 7.03. The molecule has 0 radical (unpaired) electrons. The van der Waals surface area contributed by atoms with E-state index >= 15 is 0 Å². The highest BCUT2D eigenvalue weighted by molar-refractivity contribution is 7.99. The van der Waals surface area contributed by atoms with Crippen molar-refractivity contribution in [3.63, 3.8) is 0 Å². The number of alkyl halides is 2. The Morgan fingerprint density at radius 2 is 1.93 bits per heavy atom. The van der Waals surface area contributed by atoms with Gasteiger partial charge in [-0.2, -0.15) is 18.2 Å². The van der Waals surface area contributed by atoms with Crippen molar-refractivity contribution in [1.82, 2.24) is 19.0 Å². The number of halogens is 2. The van der Waals surface area contributed by atoms with Gasteiger partial charge in [0.15, 0.2) is 0 Å². The molecule has 1 aromatic heterocycles. The van der Waals surface area contributed by atoms with Crippen LogP contribution in [0.2, 0.25) is 0 Å². The Kier molecular flexibility index (Phi) is 6.36. The second-order valence-electron chi connectivity index (χ2n) is 6.27. The molecule has 3 rings (SSSR count). The monoisotopic (exact) mass is 430 g/mol. The van der Waals surface area contributed by atoms with E-state index in [0.717, 1.165) is 0 Å². The molecule has 0 saturated carbocycles. The van der Waals surface area contributed by atoms with Crippen molar-refractivity contribution < 1.29 is 22.0 Å². The van der Waals surface area contributed by atoms with Crippen LogP contribution in [0.15, 0.2) is 46.5 Å². The number of carbonyl (C=O) groups is 1. The average Bonchev–Trinajstić information content (AvgIpc) is 2.94. The molecule has 1 aliphatic rings. The minimum atomic E-state index is -3.69. The second-order valence-corrected chi connectivity index (χ2v) is 9.24. The summed E-state index contributed by atoms with van der Waals surface area (Å²) < 4.78 is 53.8. The van der Waals surface area contributed by atoms with Crippen molar-refractivity contribution in [3.8, 4) is 0 Å². The molecule has 0 aliphatic carbocycles. The van der Waals surface area contributed by atoms with Gasteiger partial charge in [-0.15, -0.1) is 0 Å². The van der Waals surface area contributed by atoms with Crippen LogP contribution in [0.25, 0.3) is 0 Å². The predicted octanol–water partition coefficient (Wildman–Crippen LogP) is 2.27. The van der Waals surface area contributed by atoms with E-state index in [0.29, 0.717) is 24.7 Å². The Bertz CT molecular complexity index is 949. The van der Waals surface area contributed by atoms with E-state index in [1.807, 2.05) is 0 Å². The smallest absolute Gasteiger partial charge is 0.288 e. The van der Waals surface area contributed by atoms with Gasteiger partial charge < -0.3 is 4.90 Å². The van der Waals surface area contributed by atoms with Crippen LogP contribution >= 0.6 is 11.8 Å². The molecule has 11 heteroatoms. The number of hydrogen-bond acceptors (Lipinski definition) is 5. The van der Waals surface area contributed by atoms with Crippen molar-refractivity contribution in [1.29, 1.82) is 0 Å². The van der Waals surface area contributed by atoms with Crippen molar-refractivity contribution in [2.45, 2.75) is 22.0 Å². The summed E-state index contributed by atoms with van der Waals surface area (Å²) in [5, 5.41) is 3.90. The number of nitrogens with zero attached hydrogens (tertiary/aromatic N) is 4. The number of carbonyl (C=O) groups excluding carboxylic acids is 1. The molecule has 1 saturated heterocycles. The second kappa shape index (κ2) is 8.58. The lowest BCUT2D eigenvalue weighted by Crippen LogP contribution is -2.37. The Balaban J connectivity index is 1.75. The highest BCUT2D eigenvalue weighted by Crippen LogP contribution is 2.29. The van der Waals surface area contributed by atoms with Crippen molar-refractivity contribution in [2.75, 3.05) is 26.2 Å². The van der Waals surface area contributed by atoms with Gasteiger partial charge in [-0.05, 0) is 18.6 Å². The first kappa shape index (κ1) is 20.7. The number of aryl methyl sites for hydroxylation is 1. The van der Waals surface area contributed by atoms with Crippen LogP contribution in [0.4, 0.5) is 8.78 Å². The summed E-state index contributed by atoms with van der Waals surface area (Å²) in [4.78, 5) is 14.7. The third-order valence-electron chi connectivity index (χ3n) is 4.39. The van der Waals surface area contributed by atoms with Crippen LogP contribution in [-0.2, 0) is 17.1 Å². The van der Waals surface area contributed by atoms with Crippen LogP contribution in [0.1, 0.15) is 16.8 Å². The van der Waals surface area contributed by atoms with Gasteiger partial charge in [-0.25, -0.2) is 8.42 Å². The lowest BCUT2D eigenvalue weighted by Gasteiger charge is -2.22. The van der Waals surface area contributed by atoms with Crippen LogP contribution < -0.4 is 0 Å². The van der Waals surface area contributed by atoms with Crippen molar-refractivity contribution in [2.24, 2.45) is 7.05 Å². The largest absolute Gasteiger partial charge is 0.337 e. The van der Waals surface area contributed by atoms with Gasteiger partial charge >= 0.3 is 0 Å². The first-order chi connectivity index (χ1) is 13.3. The molecule has 152 valence electrons. The van der Waals surface area contributed by atoms with E-state index in [1.165, 1.54) is 38.4 Å². The number of hydrogen-bond donors (Lipinski definition) is 0. The molecule has 0 atom stereocenters. The van der Waals surface area contributed by atoms with E-state index in [4.69, 9.17) is 0 Å². The zero-order valence-electron chi connectivity index (χ0n) is 15.2. The Morgan fingerprint density at radius 1 is 1.18 bits per heavy atom. The topological polar surface area (TPSA) is 75.5 Å². The summed E-state index contributed by atoms with van der Waals surface area (Å²) in [6.45, 7) is 0.944. The van der Waals surface area contributed by atoms with E-state index < -0.39 is 15.8 Å². The SMILES string of the molecule is Cn1cc(S(=O)(=O)N2CCCN(C(=O)c3ccccc3SC(F)F)CC2)cn1. The maximum Gasteiger partial charge on any atom is 0.288 e. The molecule has 0 spiro atoms. The Labute approximate surface area is 166 Å². The number of sulfonamides is 1. The fourth-order valence-electron chi connectivity index (χ4n) is 3.03. The molecule has 0 N–H and O–H groups in total. The molecule has 7 nitrogen and oxygen atoms in total. The highest BCUT2D eigenvalue weighted by atomic mass is 32.2. The Morgan fingerprint density at radius 3 is 2.61 bits per heavy atom. The summed E-state index contributed by atoms with van der Waals surface area (Å²) in [6, 6.07) is 6.23. The zero-order valence-corrected chi connectivity index (χ0v) is 16.8. The lowest BCUT2D eigenvalue weighted by atomic mass is 10.2. The molecule has 28 heavy (non-hydrogen) atoms. The van der Waals surface area contributed by atoms with Crippen LogP contribution in [0, 0.1) is 0 Å². The number of benzene rings is 1. The Hall–Kier alpha value is -1.98. The van der Waals surface area contributed by atoms with Crippen LogP contribution in [-0.4, -0.2) is 65.2 Å². The summed E-state index contributed by atoms with van der Waals surface area (Å²) in [7, 11) is -2.06. The summed E-state index contributed by atoms with van der Waals surface area (Å²) in [5.41, 5.74) is 0.205. The molecule has 0 bridgehead atoms. The molecule has 0 unspecified atom stereocenters. The number of rotatable bonds is 5. The molecular formula is C17H20F2N4O3S2. The van der Waals surface area contributed by atoms with E-state index in [9.17, 15) is 22.0 Å². The summed E-state index contributed by atoms with van der Waals surface area (Å²) in [6.07, 6.45) is 3.18. The van der Waals surface area contributed by atoms with Crippen LogP contribution in [0.5, 0.6) is 0 Å².